The molecule has 1 unspecified atom stereocenters. The second kappa shape index (κ2) is 12.5. The average molecular weight is 607 g/mol. The number of hydrogen-bond acceptors (Lipinski definition) is 7. The van der Waals surface area contributed by atoms with E-state index in [0.717, 1.165) is 41.5 Å². The minimum absolute atomic E-state index is 0.0103. The third-order valence-corrected chi connectivity index (χ3v) is 9.62. The maximum atomic E-state index is 13.7. The number of carbonyl (C=O) groups excluding carboxylic acids is 1. The van der Waals surface area contributed by atoms with Gasteiger partial charge in [0, 0.05) is 23.6 Å². The summed E-state index contributed by atoms with van der Waals surface area (Å²) in [6.07, 6.45) is 1.83. The summed E-state index contributed by atoms with van der Waals surface area (Å²) in [6, 6.07) is 15.0. The zero-order chi connectivity index (χ0) is 30.9. The number of hydrogen-bond donors (Lipinski definition) is 2. The van der Waals surface area contributed by atoms with Crippen LogP contribution in [0.15, 0.2) is 53.4 Å². The van der Waals surface area contributed by atoms with E-state index in [2.05, 4.69) is 33.9 Å². The molecule has 0 saturated heterocycles. The van der Waals surface area contributed by atoms with Crippen LogP contribution < -0.4 is 14.8 Å². The van der Waals surface area contributed by atoms with E-state index in [-0.39, 0.29) is 40.7 Å². The minimum Gasteiger partial charge on any atom is -0.477 e. The van der Waals surface area contributed by atoms with Crippen LogP contribution in [0.4, 0.5) is 10.7 Å². The number of nitrogens with zero attached hydrogens (tertiary/aromatic N) is 2. The van der Waals surface area contributed by atoms with E-state index in [0.29, 0.717) is 24.1 Å². The van der Waals surface area contributed by atoms with Gasteiger partial charge >= 0.3 is 6.09 Å². The van der Waals surface area contributed by atoms with Crippen molar-refractivity contribution < 1.29 is 22.7 Å². The molecule has 5 rings (SSSR count). The number of alkyl carbamates (subject to hydrolysis) is 1. The molecule has 2 aliphatic rings. The van der Waals surface area contributed by atoms with Crippen LogP contribution in [-0.4, -0.2) is 43.2 Å². The number of rotatable bonds is 6. The zero-order valence-electron chi connectivity index (χ0n) is 25.8. The SMILES string of the molecule is Cc1cccc(C)c1-c1cc2nc(n1)NS(=O)(=O)c1cccc(c1)C(C1CC(NC(=O)OC(C)C)C1)[C@H](CC(C)C)CO2. The maximum absolute atomic E-state index is 13.7. The summed E-state index contributed by atoms with van der Waals surface area (Å²) in [5.74, 6) is 1.03. The van der Waals surface area contributed by atoms with E-state index in [4.69, 9.17) is 9.47 Å². The van der Waals surface area contributed by atoms with Gasteiger partial charge in [0.15, 0.2) is 0 Å². The molecule has 1 saturated carbocycles. The number of amides is 1. The fourth-order valence-corrected chi connectivity index (χ4v) is 7.49. The van der Waals surface area contributed by atoms with Gasteiger partial charge in [-0.05, 0) is 93.5 Å². The van der Waals surface area contributed by atoms with Crippen LogP contribution in [-0.2, 0) is 14.8 Å². The van der Waals surface area contributed by atoms with E-state index in [9.17, 15) is 13.2 Å². The summed E-state index contributed by atoms with van der Waals surface area (Å²) in [6.45, 7) is 12.4. The normalized spacial score (nSPS) is 22.8. The Morgan fingerprint density at radius 2 is 1.74 bits per heavy atom. The highest BCUT2D eigenvalue weighted by Gasteiger charge is 2.41. The number of anilines is 1. The maximum Gasteiger partial charge on any atom is 0.407 e. The highest BCUT2D eigenvalue weighted by Crippen LogP contribution is 2.46. The number of aryl methyl sites for hydroxylation is 2. The Hall–Kier alpha value is -3.66. The Labute approximate surface area is 254 Å². The standard InChI is InChI=1S/C33H42N4O5S/c1-19(2)13-25-18-41-29-17-28(30-21(5)9-7-10-22(30)6)35-32(36-29)37-43(39,40)27-12-8-11-23(16-27)31(25)24-14-26(15-24)34-33(38)42-20(3)4/h7-12,16-17,19-20,24-26,31H,13-15,18H2,1-6H3,(H,34,38)(H,35,36,37)/t24?,25-,26?,31?/m1/s1. The van der Waals surface area contributed by atoms with Gasteiger partial charge in [-0.1, -0.05) is 44.2 Å². The van der Waals surface area contributed by atoms with Gasteiger partial charge in [0.1, 0.15) is 0 Å². The number of aromatic nitrogens is 2. The van der Waals surface area contributed by atoms with Crippen LogP contribution in [0.2, 0.25) is 0 Å². The summed E-state index contributed by atoms with van der Waals surface area (Å²) >= 11 is 0. The Bertz CT molecular complexity index is 1560. The lowest BCUT2D eigenvalue weighted by Crippen LogP contribution is -2.48. The molecule has 1 aliphatic carbocycles. The molecular weight excluding hydrogens is 564 g/mol. The molecule has 0 spiro atoms. The lowest BCUT2D eigenvalue weighted by molar-refractivity contribution is 0.0845. The van der Waals surface area contributed by atoms with Crippen molar-refractivity contribution in [1.29, 1.82) is 0 Å². The second-order valence-electron chi connectivity index (χ2n) is 12.6. The van der Waals surface area contributed by atoms with Gasteiger partial charge in [0.25, 0.3) is 10.0 Å². The smallest absolute Gasteiger partial charge is 0.407 e. The van der Waals surface area contributed by atoms with Gasteiger partial charge in [-0.2, -0.15) is 4.98 Å². The quantitative estimate of drug-likeness (QED) is 0.324. The van der Waals surface area contributed by atoms with Crippen molar-refractivity contribution in [1.82, 2.24) is 15.3 Å². The first-order chi connectivity index (χ1) is 20.4. The summed E-state index contributed by atoms with van der Waals surface area (Å²) in [5.41, 5.74) is 4.52. The van der Waals surface area contributed by atoms with Crippen molar-refractivity contribution in [2.75, 3.05) is 11.3 Å². The number of benzene rings is 2. The van der Waals surface area contributed by atoms with E-state index in [1.807, 2.05) is 52.0 Å². The van der Waals surface area contributed by atoms with Crippen LogP contribution in [0.3, 0.4) is 0 Å². The van der Waals surface area contributed by atoms with Crippen molar-refractivity contribution in [2.24, 2.45) is 17.8 Å². The van der Waals surface area contributed by atoms with Crippen LogP contribution in [0.1, 0.15) is 69.6 Å². The molecule has 1 fully saturated rings. The predicted molar refractivity (Wildman–Crippen MR) is 167 cm³/mol. The highest BCUT2D eigenvalue weighted by molar-refractivity contribution is 7.92. The number of carbonyl (C=O) groups is 1. The topological polar surface area (TPSA) is 120 Å². The Morgan fingerprint density at radius 3 is 2.42 bits per heavy atom. The van der Waals surface area contributed by atoms with Gasteiger partial charge < -0.3 is 14.8 Å². The lowest BCUT2D eigenvalue weighted by atomic mass is 9.64. The van der Waals surface area contributed by atoms with E-state index >= 15 is 0 Å². The van der Waals surface area contributed by atoms with Crippen LogP contribution in [0, 0.1) is 31.6 Å². The molecule has 4 bridgehead atoms. The molecule has 2 N–H and O–H groups in total. The first-order valence-electron chi connectivity index (χ1n) is 15.1. The van der Waals surface area contributed by atoms with Gasteiger partial charge in [0.2, 0.25) is 11.8 Å². The van der Waals surface area contributed by atoms with Crippen molar-refractivity contribution >= 4 is 22.1 Å². The molecule has 2 aromatic carbocycles. The second-order valence-corrected chi connectivity index (χ2v) is 14.3. The van der Waals surface area contributed by atoms with Crippen molar-refractivity contribution in [3.8, 4) is 17.1 Å². The zero-order valence-corrected chi connectivity index (χ0v) is 26.6. The molecule has 43 heavy (non-hydrogen) atoms. The minimum atomic E-state index is -3.99. The summed E-state index contributed by atoms with van der Waals surface area (Å²) < 4.78 is 41.6. The first kappa shape index (κ1) is 30.8. The Balaban J connectivity index is 1.53. The van der Waals surface area contributed by atoms with Gasteiger partial charge in [-0.3, -0.25) is 0 Å². The number of sulfonamides is 1. The van der Waals surface area contributed by atoms with Gasteiger partial charge in [0.05, 0.1) is 23.3 Å². The molecular formula is C33H42N4O5S. The first-order valence-corrected chi connectivity index (χ1v) is 16.6. The third-order valence-electron chi connectivity index (χ3n) is 8.29. The van der Waals surface area contributed by atoms with Crippen LogP contribution in [0.5, 0.6) is 5.88 Å². The van der Waals surface area contributed by atoms with Gasteiger partial charge in [-0.15, -0.1) is 0 Å². The number of fused-ring (bicyclic) bond motifs is 4. The molecule has 0 radical (unpaired) electrons. The molecule has 1 aliphatic heterocycles. The molecule has 2 heterocycles. The summed E-state index contributed by atoms with van der Waals surface area (Å²) in [5, 5.41) is 2.98. The molecule has 1 aromatic heterocycles. The molecule has 2 atom stereocenters. The number of nitrogens with one attached hydrogen (secondary N) is 2. The summed E-state index contributed by atoms with van der Waals surface area (Å²) in [7, 11) is -3.99. The molecule has 10 heteroatoms. The average Bonchev–Trinajstić information content (AvgIpc) is 2.89. The molecule has 230 valence electrons. The van der Waals surface area contributed by atoms with Gasteiger partial charge in [-0.25, -0.2) is 22.9 Å². The van der Waals surface area contributed by atoms with E-state index < -0.39 is 16.1 Å². The van der Waals surface area contributed by atoms with Crippen molar-refractivity contribution in [2.45, 2.75) is 83.8 Å². The fraction of sp³-hybridized carbons (Fsp3) is 0.485. The van der Waals surface area contributed by atoms with E-state index in [1.54, 1.807) is 24.3 Å². The Morgan fingerprint density at radius 1 is 1.05 bits per heavy atom. The fourth-order valence-electron chi connectivity index (χ4n) is 6.49. The molecule has 1 amide bonds. The number of ether oxygens (including phenoxy) is 2. The highest BCUT2D eigenvalue weighted by atomic mass is 32.2. The van der Waals surface area contributed by atoms with Crippen molar-refractivity contribution in [3.63, 3.8) is 0 Å². The van der Waals surface area contributed by atoms with Crippen LogP contribution >= 0.6 is 0 Å². The molecule has 3 aromatic rings. The lowest BCUT2D eigenvalue weighted by Gasteiger charge is -2.44. The Kier molecular flexibility index (Phi) is 8.96. The van der Waals surface area contributed by atoms with E-state index in [1.165, 1.54) is 0 Å². The summed E-state index contributed by atoms with van der Waals surface area (Å²) in [4.78, 5) is 21.5. The third kappa shape index (κ3) is 7.12. The predicted octanol–water partition coefficient (Wildman–Crippen LogP) is 6.61. The molecule has 9 nitrogen and oxygen atoms in total. The van der Waals surface area contributed by atoms with Crippen molar-refractivity contribution in [3.05, 3.63) is 65.2 Å². The largest absolute Gasteiger partial charge is 0.477 e. The monoisotopic (exact) mass is 606 g/mol. The van der Waals surface area contributed by atoms with Crippen LogP contribution in [0.25, 0.3) is 11.3 Å².